The Morgan fingerprint density at radius 1 is 1.18 bits per heavy atom. The maximum absolute atomic E-state index is 14.0. The van der Waals surface area contributed by atoms with Gasteiger partial charge in [0.15, 0.2) is 11.4 Å². The van der Waals surface area contributed by atoms with E-state index in [0.29, 0.717) is 37.7 Å². The smallest absolute Gasteiger partial charge is 0.344 e. The van der Waals surface area contributed by atoms with Crippen LogP contribution in [0.15, 0.2) is 68.0 Å². The van der Waals surface area contributed by atoms with Crippen molar-refractivity contribution in [3.05, 3.63) is 89.0 Å². The molecule has 1 aliphatic rings. The van der Waals surface area contributed by atoms with E-state index >= 15 is 0 Å². The van der Waals surface area contributed by atoms with Crippen LogP contribution in [-0.2, 0) is 19.1 Å². The molecule has 1 aliphatic heterocycles. The molecule has 2 heterocycles. The van der Waals surface area contributed by atoms with Crippen molar-refractivity contribution in [1.29, 1.82) is 0 Å². The van der Waals surface area contributed by atoms with Gasteiger partial charge in [-0.2, -0.15) is 0 Å². The molecule has 2 aromatic carbocycles. The summed E-state index contributed by atoms with van der Waals surface area (Å²) in [6.45, 7) is 6.96. The van der Waals surface area contributed by atoms with Gasteiger partial charge in [0.05, 0.1) is 35.6 Å². The number of thiazole rings is 1. The van der Waals surface area contributed by atoms with E-state index in [0.717, 1.165) is 4.47 Å². The summed E-state index contributed by atoms with van der Waals surface area (Å²) in [6.07, 6.45) is 1.32. The van der Waals surface area contributed by atoms with E-state index in [2.05, 4.69) is 20.9 Å². The molecule has 0 radical (unpaired) electrons. The molecular weight excluding hydrogens is 600 g/mol. The Morgan fingerprint density at radius 3 is 2.62 bits per heavy atom. The van der Waals surface area contributed by atoms with Crippen LogP contribution in [0.4, 0.5) is 0 Å². The molecule has 0 saturated heterocycles. The van der Waals surface area contributed by atoms with E-state index in [1.807, 2.05) is 12.1 Å². The average Bonchev–Trinajstić information content (AvgIpc) is 3.21. The molecule has 3 aromatic rings. The number of para-hydroxylation sites is 1. The maximum atomic E-state index is 14.0. The first kappa shape index (κ1) is 29.3. The fraction of sp³-hybridized carbons (Fsp3) is 0.310. The minimum absolute atomic E-state index is 0.251. The number of benzene rings is 2. The van der Waals surface area contributed by atoms with E-state index in [4.69, 9.17) is 18.9 Å². The average molecular weight is 630 g/mol. The largest absolute Gasteiger partial charge is 0.496 e. The summed E-state index contributed by atoms with van der Waals surface area (Å²) in [4.78, 5) is 44.2. The van der Waals surface area contributed by atoms with Gasteiger partial charge in [0.2, 0.25) is 0 Å². The summed E-state index contributed by atoms with van der Waals surface area (Å²) in [5, 5.41) is 0. The van der Waals surface area contributed by atoms with Gasteiger partial charge in [-0.3, -0.25) is 9.36 Å². The van der Waals surface area contributed by atoms with Crippen LogP contribution in [-0.4, -0.2) is 42.9 Å². The van der Waals surface area contributed by atoms with E-state index in [1.54, 1.807) is 64.1 Å². The number of nitrogens with zero attached hydrogens (tertiary/aromatic N) is 2. The van der Waals surface area contributed by atoms with E-state index in [9.17, 15) is 14.4 Å². The Bertz CT molecular complexity index is 1660. The first-order chi connectivity index (χ1) is 19.1. The zero-order chi connectivity index (χ0) is 29.0. The topological polar surface area (TPSA) is 105 Å². The van der Waals surface area contributed by atoms with Gasteiger partial charge in [-0.1, -0.05) is 45.5 Å². The molecule has 0 bridgehead atoms. The van der Waals surface area contributed by atoms with Crippen molar-refractivity contribution in [1.82, 2.24) is 4.57 Å². The first-order valence-electron chi connectivity index (χ1n) is 12.6. The van der Waals surface area contributed by atoms with Crippen molar-refractivity contribution < 1.29 is 28.5 Å². The van der Waals surface area contributed by atoms with Crippen molar-refractivity contribution in [2.24, 2.45) is 4.99 Å². The second-order valence-corrected chi connectivity index (χ2v) is 11.0. The third kappa shape index (κ3) is 6.20. The lowest BCUT2D eigenvalue weighted by Gasteiger charge is -2.26. The lowest BCUT2D eigenvalue weighted by molar-refractivity contribution is -0.145. The van der Waals surface area contributed by atoms with Crippen molar-refractivity contribution in [2.45, 2.75) is 39.8 Å². The van der Waals surface area contributed by atoms with Crippen LogP contribution in [0.3, 0.4) is 0 Å². The second kappa shape index (κ2) is 12.6. The first-order valence-corrected chi connectivity index (χ1v) is 14.2. The summed E-state index contributed by atoms with van der Waals surface area (Å²) < 4.78 is 24.4. The standard InChI is InChI=1S/C29H29BrN2O7S/c1-6-37-24(33)15-38-21-10-8-7-9-18(21)13-23-27(34)32-26(20-14-19(30)11-12-22(20)36-5)25(28(35)39-16(2)3)17(4)31-29(32)40-23/h7-14,16,26H,6,15H2,1-5H3/b23-13-/t26-/m0/s1. The van der Waals surface area contributed by atoms with Crippen LogP contribution in [0.2, 0.25) is 0 Å². The van der Waals surface area contributed by atoms with Gasteiger partial charge in [-0.05, 0) is 58.0 Å². The Balaban J connectivity index is 1.90. The summed E-state index contributed by atoms with van der Waals surface area (Å²) >= 11 is 4.69. The van der Waals surface area contributed by atoms with E-state index in [1.165, 1.54) is 23.0 Å². The van der Waals surface area contributed by atoms with Crippen LogP contribution in [0.25, 0.3) is 6.08 Å². The molecule has 0 unspecified atom stereocenters. The number of halogens is 1. The molecule has 0 fully saturated rings. The Labute approximate surface area is 243 Å². The molecule has 0 saturated carbocycles. The van der Waals surface area contributed by atoms with Gasteiger partial charge in [0, 0.05) is 15.6 Å². The predicted octanol–water partition coefficient (Wildman–Crippen LogP) is 3.90. The minimum atomic E-state index is -0.840. The molecule has 0 spiro atoms. The van der Waals surface area contributed by atoms with Crippen LogP contribution < -0.4 is 24.4 Å². The molecule has 4 rings (SSSR count). The highest BCUT2D eigenvalue weighted by atomic mass is 79.9. The monoisotopic (exact) mass is 628 g/mol. The number of carbonyl (C=O) groups excluding carboxylic acids is 2. The third-order valence-electron chi connectivity index (χ3n) is 5.93. The van der Waals surface area contributed by atoms with Crippen LogP contribution in [0.1, 0.15) is 44.9 Å². The predicted molar refractivity (Wildman–Crippen MR) is 154 cm³/mol. The summed E-state index contributed by atoms with van der Waals surface area (Å²) in [6, 6.07) is 11.6. The number of methoxy groups -OCH3 is 1. The lowest BCUT2D eigenvalue weighted by Crippen LogP contribution is -2.40. The normalized spacial score (nSPS) is 15.0. The lowest BCUT2D eigenvalue weighted by atomic mass is 9.95. The van der Waals surface area contributed by atoms with Crippen molar-refractivity contribution in [3.8, 4) is 11.5 Å². The summed E-state index contributed by atoms with van der Waals surface area (Å²) in [7, 11) is 1.53. The number of fused-ring (bicyclic) bond motifs is 1. The zero-order valence-electron chi connectivity index (χ0n) is 22.7. The van der Waals surface area contributed by atoms with E-state index in [-0.39, 0.29) is 30.5 Å². The number of ether oxygens (including phenoxy) is 4. The molecule has 9 nitrogen and oxygen atoms in total. The Hall–Kier alpha value is -3.70. The molecule has 0 amide bonds. The number of rotatable bonds is 9. The van der Waals surface area contributed by atoms with Crippen LogP contribution >= 0.6 is 27.3 Å². The van der Waals surface area contributed by atoms with Crippen molar-refractivity contribution in [3.63, 3.8) is 0 Å². The Morgan fingerprint density at radius 2 is 1.93 bits per heavy atom. The maximum Gasteiger partial charge on any atom is 0.344 e. The molecular formula is C29H29BrN2O7S. The highest BCUT2D eigenvalue weighted by Crippen LogP contribution is 2.37. The number of esters is 2. The molecule has 40 heavy (non-hydrogen) atoms. The SMILES string of the molecule is CCOC(=O)COc1ccccc1/C=c1\sc2n(c1=O)[C@@H](c1cc(Br)ccc1OC)C(C(=O)OC(C)C)=C(C)N=2. The van der Waals surface area contributed by atoms with Gasteiger partial charge in [0.25, 0.3) is 5.56 Å². The zero-order valence-corrected chi connectivity index (χ0v) is 25.1. The number of hydrogen-bond donors (Lipinski definition) is 0. The highest BCUT2D eigenvalue weighted by Gasteiger charge is 2.35. The van der Waals surface area contributed by atoms with Crippen LogP contribution in [0, 0.1) is 0 Å². The molecule has 1 atom stereocenters. The summed E-state index contributed by atoms with van der Waals surface area (Å²) in [5.74, 6) is -0.125. The minimum Gasteiger partial charge on any atom is -0.496 e. The molecule has 11 heteroatoms. The summed E-state index contributed by atoms with van der Waals surface area (Å²) in [5.41, 5.74) is 1.56. The second-order valence-electron chi connectivity index (χ2n) is 9.05. The van der Waals surface area contributed by atoms with Gasteiger partial charge in [-0.15, -0.1) is 0 Å². The number of aromatic nitrogens is 1. The van der Waals surface area contributed by atoms with Gasteiger partial charge < -0.3 is 18.9 Å². The molecule has 210 valence electrons. The number of carbonyl (C=O) groups is 2. The third-order valence-corrected chi connectivity index (χ3v) is 7.40. The fourth-order valence-corrected chi connectivity index (χ4v) is 5.70. The fourth-order valence-electron chi connectivity index (χ4n) is 4.29. The highest BCUT2D eigenvalue weighted by molar-refractivity contribution is 9.10. The van der Waals surface area contributed by atoms with Crippen LogP contribution in [0.5, 0.6) is 11.5 Å². The quantitative estimate of drug-likeness (QED) is 0.331. The van der Waals surface area contributed by atoms with Crippen molar-refractivity contribution in [2.75, 3.05) is 20.3 Å². The van der Waals surface area contributed by atoms with Gasteiger partial charge in [0.1, 0.15) is 17.5 Å². The van der Waals surface area contributed by atoms with Crippen molar-refractivity contribution >= 4 is 45.3 Å². The molecule has 1 aromatic heterocycles. The van der Waals surface area contributed by atoms with Gasteiger partial charge in [-0.25, -0.2) is 14.6 Å². The Kier molecular flexibility index (Phi) is 9.26. The van der Waals surface area contributed by atoms with Gasteiger partial charge >= 0.3 is 11.9 Å². The number of hydrogen-bond acceptors (Lipinski definition) is 9. The van der Waals surface area contributed by atoms with E-state index < -0.39 is 18.0 Å². The molecule has 0 aliphatic carbocycles. The number of allylic oxidation sites excluding steroid dienone is 1. The molecule has 0 N–H and O–H groups in total.